The number of carbonyl (C=O) groups excluding carboxylic acids is 1. The number of nitrogens with two attached hydrogens (primary N) is 1. The molecule has 0 saturated carbocycles. The first-order valence-electron chi connectivity index (χ1n) is 6.66. The molecule has 0 heterocycles. The van der Waals surface area contributed by atoms with Gasteiger partial charge in [0, 0.05) is 5.56 Å². The van der Waals surface area contributed by atoms with E-state index >= 15 is 0 Å². The van der Waals surface area contributed by atoms with Gasteiger partial charge in [-0.15, -0.1) is 0 Å². The largest absolute Gasteiger partial charge is 0.365 e. The molecule has 0 aromatic heterocycles. The van der Waals surface area contributed by atoms with Gasteiger partial charge >= 0.3 is 0 Å². The minimum absolute atomic E-state index is 0.0497. The van der Waals surface area contributed by atoms with Crippen molar-refractivity contribution in [2.45, 2.75) is 6.92 Å². The van der Waals surface area contributed by atoms with Gasteiger partial charge < -0.3 is 5.73 Å². The number of primary amides is 1. The van der Waals surface area contributed by atoms with E-state index in [1.54, 1.807) is 6.07 Å². The molecule has 2 N–H and O–H groups in total. The second kappa shape index (κ2) is 5.02. The number of halogens is 1. The monoisotopic (exact) mass is 279 g/mol. The van der Waals surface area contributed by atoms with Crippen molar-refractivity contribution in [2.75, 3.05) is 0 Å². The van der Waals surface area contributed by atoms with Crippen molar-refractivity contribution in [1.29, 1.82) is 0 Å². The van der Waals surface area contributed by atoms with Crippen molar-refractivity contribution >= 4 is 16.7 Å². The number of benzene rings is 3. The van der Waals surface area contributed by atoms with Gasteiger partial charge in [-0.25, -0.2) is 4.39 Å². The van der Waals surface area contributed by atoms with Gasteiger partial charge in [-0.1, -0.05) is 48.5 Å². The number of hydrogen-bond acceptors (Lipinski definition) is 1. The highest BCUT2D eigenvalue weighted by Gasteiger charge is 2.19. The van der Waals surface area contributed by atoms with Gasteiger partial charge in [-0.2, -0.15) is 0 Å². The molecule has 0 bridgehead atoms. The fourth-order valence-electron chi connectivity index (χ4n) is 2.71. The summed E-state index contributed by atoms with van der Waals surface area (Å²) in [5, 5.41) is 2.00. The predicted octanol–water partition coefficient (Wildman–Crippen LogP) is 4.05. The van der Waals surface area contributed by atoms with E-state index in [4.69, 9.17) is 5.73 Å². The van der Waals surface area contributed by atoms with Crippen LogP contribution in [0.3, 0.4) is 0 Å². The van der Waals surface area contributed by atoms with Crippen molar-refractivity contribution in [3.63, 3.8) is 0 Å². The molecule has 0 aliphatic heterocycles. The van der Waals surface area contributed by atoms with Crippen LogP contribution in [0.1, 0.15) is 15.9 Å². The zero-order valence-electron chi connectivity index (χ0n) is 11.6. The fourth-order valence-corrected chi connectivity index (χ4v) is 2.71. The van der Waals surface area contributed by atoms with Crippen molar-refractivity contribution in [3.8, 4) is 11.1 Å². The number of carbonyl (C=O) groups is 1. The molecule has 0 saturated heterocycles. The third-order valence-electron chi connectivity index (χ3n) is 3.67. The molecule has 3 heteroatoms. The fraction of sp³-hybridized carbons (Fsp3) is 0.0556. The molecule has 3 aromatic rings. The van der Waals surface area contributed by atoms with E-state index in [9.17, 15) is 9.18 Å². The van der Waals surface area contributed by atoms with E-state index in [1.807, 2.05) is 49.4 Å². The average molecular weight is 279 g/mol. The Kier molecular flexibility index (Phi) is 3.18. The zero-order valence-corrected chi connectivity index (χ0v) is 11.6. The molecule has 3 rings (SSSR count). The van der Waals surface area contributed by atoms with Crippen molar-refractivity contribution < 1.29 is 9.18 Å². The zero-order chi connectivity index (χ0) is 15.0. The summed E-state index contributed by atoms with van der Waals surface area (Å²) in [7, 11) is 0. The average Bonchev–Trinajstić information content (AvgIpc) is 2.48. The summed E-state index contributed by atoms with van der Waals surface area (Å²) in [6.45, 7) is 1.85. The number of aryl methyl sites for hydroxylation is 1. The Morgan fingerprint density at radius 3 is 2.48 bits per heavy atom. The molecule has 3 aromatic carbocycles. The second-order valence-corrected chi connectivity index (χ2v) is 5.01. The molecule has 0 aliphatic carbocycles. The highest BCUT2D eigenvalue weighted by atomic mass is 19.1. The Bertz CT molecular complexity index is 850. The smallest absolute Gasteiger partial charge is 0.252 e. The third-order valence-corrected chi connectivity index (χ3v) is 3.67. The number of hydrogen-bond donors (Lipinski definition) is 1. The molecule has 0 unspecified atom stereocenters. The molecular weight excluding hydrogens is 265 g/mol. The lowest BCUT2D eigenvalue weighted by molar-refractivity contribution is 0.0997. The molecule has 104 valence electrons. The van der Waals surface area contributed by atoms with Crippen LogP contribution in [0.15, 0.2) is 54.6 Å². The summed E-state index contributed by atoms with van der Waals surface area (Å²) in [4.78, 5) is 11.7. The maximum atomic E-state index is 14.1. The minimum atomic E-state index is -0.751. The standard InChI is InChI=1S/C18H14FNO/c1-11-9-10-15(19)17(18(20)21)16(11)14-8-4-6-12-5-2-3-7-13(12)14/h2-10H,1H3,(H2,20,21). The normalized spacial score (nSPS) is 10.8. The van der Waals surface area contributed by atoms with Crippen molar-refractivity contribution in [3.05, 3.63) is 71.5 Å². The van der Waals surface area contributed by atoms with Crippen molar-refractivity contribution in [1.82, 2.24) is 0 Å². The van der Waals surface area contributed by atoms with E-state index in [-0.39, 0.29) is 5.56 Å². The lowest BCUT2D eigenvalue weighted by Gasteiger charge is -2.14. The third kappa shape index (κ3) is 2.17. The molecular formula is C18H14FNO. The van der Waals surface area contributed by atoms with Gasteiger partial charge in [0.05, 0.1) is 5.56 Å². The number of amides is 1. The van der Waals surface area contributed by atoms with Gasteiger partial charge in [0.1, 0.15) is 5.82 Å². The lowest BCUT2D eigenvalue weighted by atomic mass is 9.91. The summed E-state index contributed by atoms with van der Waals surface area (Å²) in [6.07, 6.45) is 0. The van der Waals surface area contributed by atoms with Gasteiger partial charge in [-0.05, 0) is 34.9 Å². The van der Waals surface area contributed by atoms with E-state index in [2.05, 4.69) is 0 Å². The number of fused-ring (bicyclic) bond motifs is 1. The molecule has 2 nitrogen and oxygen atoms in total. The number of rotatable bonds is 2. The molecule has 1 amide bonds. The van der Waals surface area contributed by atoms with Gasteiger partial charge in [0.2, 0.25) is 0 Å². The Morgan fingerprint density at radius 2 is 1.71 bits per heavy atom. The molecule has 21 heavy (non-hydrogen) atoms. The summed E-state index contributed by atoms with van der Waals surface area (Å²) < 4.78 is 14.1. The Balaban J connectivity index is 2.44. The molecule has 0 fully saturated rings. The first-order valence-corrected chi connectivity index (χ1v) is 6.66. The first kappa shape index (κ1) is 13.3. The topological polar surface area (TPSA) is 43.1 Å². The maximum absolute atomic E-state index is 14.1. The Hall–Kier alpha value is -2.68. The Morgan fingerprint density at radius 1 is 1.00 bits per heavy atom. The predicted molar refractivity (Wildman–Crippen MR) is 82.6 cm³/mol. The molecule has 0 radical (unpaired) electrons. The SMILES string of the molecule is Cc1ccc(F)c(C(N)=O)c1-c1cccc2ccccc12. The van der Waals surface area contributed by atoms with Crippen LogP contribution in [0, 0.1) is 12.7 Å². The lowest BCUT2D eigenvalue weighted by Crippen LogP contribution is -2.15. The summed E-state index contributed by atoms with van der Waals surface area (Å²) in [6, 6.07) is 16.5. The van der Waals surface area contributed by atoms with Crippen LogP contribution < -0.4 is 5.73 Å². The van der Waals surface area contributed by atoms with Crippen LogP contribution in [-0.2, 0) is 0 Å². The minimum Gasteiger partial charge on any atom is -0.365 e. The Labute approximate surface area is 122 Å². The summed E-state index contributed by atoms with van der Waals surface area (Å²) >= 11 is 0. The second-order valence-electron chi connectivity index (χ2n) is 5.01. The summed E-state index contributed by atoms with van der Waals surface area (Å²) in [5.74, 6) is -1.34. The van der Waals surface area contributed by atoms with E-state index in [0.29, 0.717) is 5.56 Å². The maximum Gasteiger partial charge on any atom is 0.252 e. The van der Waals surface area contributed by atoms with Crippen LogP contribution in [0.2, 0.25) is 0 Å². The highest BCUT2D eigenvalue weighted by Crippen LogP contribution is 2.34. The van der Waals surface area contributed by atoms with Crippen molar-refractivity contribution in [2.24, 2.45) is 5.73 Å². The van der Waals surface area contributed by atoms with Gasteiger partial charge in [-0.3, -0.25) is 4.79 Å². The van der Waals surface area contributed by atoms with Crippen LogP contribution >= 0.6 is 0 Å². The van der Waals surface area contributed by atoms with Crippen LogP contribution in [0.4, 0.5) is 4.39 Å². The molecule has 0 aliphatic rings. The van der Waals surface area contributed by atoms with Crippen LogP contribution in [-0.4, -0.2) is 5.91 Å². The van der Waals surface area contributed by atoms with Crippen LogP contribution in [0.25, 0.3) is 21.9 Å². The molecule has 0 atom stereocenters. The van der Waals surface area contributed by atoms with E-state index in [0.717, 1.165) is 21.9 Å². The van der Waals surface area contributed by atoms with Gasteiger partial charge in [0.25, 0.3) is 5.91 Å². The first-order chi connectivity index (χ1) is 10.1. The highest BCUT2D eigenvalue weighted by molar-refractivity contribution is 6.06. The van der Waals surface area contributed by atoms with E-state index in [1.165, 1.54) is 6.07 Å². The van der Waals surface area contributed by atoms with Gasteiger partial charge in [0.15, 0.2) is 0 Å². The van der Waals surface area contributed by atoms with E-state index < -0.39 is 11.7 Å². The quantitative estimate of drug-likeness (QED) is 0.755. The van der Waals surface area contributed by atoms with Crippen LogP contribution in [0.5, 0.6) is 0 Å². The summed E-state index contributed by atoms with van der Waals surface area (Å²) in [5.41, 5.74) is 7.55. The molecule has 0 spiro atoms.